The normalized spacial score (nSPS) is 14.6. The van der Waals surface area contributed by atoms with Gasteiger partial charge in [0.05, 0.1) is 0 Å². The molecule has 0 saturated carbocycles. The fourth-order valence-corrected chi connectivity index (χ4v) is 2.12. The third kappa shape index (κ3) is 5.26. The lowest BCUT2D eigenvalue weighted by atomic mass is 10.1. The number of hydrogen-bond donors (Lipinski definition) is 1. The Kier molecular flexibility index (Phi) is 5.55. The van der Waals surface area contributed by atoms with Gasteiger partial charge in [-0.15, -0.1) is 0 Å². The molecule has 0 aliphatic heterocycles. The average Bonchev–Trinajstić information content (AvgIpc) is 2.26. The zero-order chi connectivity index (χ0) is 12.8. The van der Waals surface area contributed by atoms with Crippen molar-refractivity contribution in [2.24, 2.45) is 0 Å². The standard InChI is InChI=1S/C12H21N3OS/c1-9(2)11-7-12(14-8-13-11)15-10(3)5-6-17(4)16/h7-10H,5-6H2,1-4H3,(H,13,14,15). The second-order valence-corrected chi connectivity index (χ2v) is 6.15. The van der Waals surface area contributed by atoms with Crippen LogP contribution in [0.4, 0.5) is 5.82 Å². The highest BCUT2D eigenvalue weighted by atomic mass is 32.2. The summed E-state index contributed by atoms with van der Waals surface area (Å²) < 4.78 is 11.0. The largest absolute Gasteiger partial charge is 0.367 e. The molecule has 4 nitrogen and oxygen atoms in total. The molecule has 1 N–H and O–H groups in total. The van der Waals surface area contributed by atoms with Crippen molar-refractivity contribution < 1.29 is 4.21 Å². The van der Waals surface area contributed by atoms with Crippen molar-refractivity contribution >= 4 is 16.6 Å². The molecular weight excluding hydrogens is 234 g/mol. The Bertz CT molecular complexity index is 382. The highest BCUT2D eigenvalue weighted by molar-refractivity contribution is 7.84. The summed E-state index contributed by atoms with van der Waals surface area (Å²) in [5.41, 5.74) is 1.04. The Morgan fingerprint density at radius 1 is 1.35 bits per heavy atom. The molecule has 0 fully saturated rings. The van der Waals surface area contributed by atoms with Crippen LogP contribution < -0.4 is 5.32 Å². The van der Waals surface area contributed by atoms with Gasteiger partial charge < -0.3 is 5.32 Å². The molecule has 17 heavy (non-hydrogen) atoms. The van der Waals surface area contributed by atoms with Crippen molar-refractivity contribution in [1.29, 1.82) is 0 Å². The molecule has 0 bridgehead atoms. The summed E-state index contributed by atoms with van der Waals surface area (Å²) in [6, 6.07) is 2.25. The molecule has 1 heterocycles. The van der Waals surface area contributed by atoms with E-state index in [1.165, 1.54) is 0 Å². The maximum absolute atomic E-state index is 11.0. The highest BCUT2D eigenvalue weighted by Crippen LogP contribution is 2.14. The minimum absolute atomic E-state index is 0.272. The first-order chi connectivity index (χ1) is 7.99. The van der Waals surface area contributed by atoms with Gasteiger partial charge in [0.2, 0.25) is 0 Å². The molecule has 0 amide bonds. The van der Waals surface area contributed by atoms with E-state index in [0.717, 1.165) is 23.7 Å². The summed E-state index contributed by atoms with van der Waals surface area (Å²) in [4.78, 5) is 8.41. The Labute approximate surface area is 106 Å². The molecule has 0 aromatic carbocycles. The van der Waals surface area contributed by atoms with Gasteiger partial charge in [-0.3, -0.25) is 4.21 Å². The fourth-order valence-electron chi connectivity index (χ4n) is 1.43. The van der Waals surface area contributed by atoms with Gasteiger partial charge in [0.15, 0.2) is 0 Å². The number of rotatable bonds is 6. The van der Waals surface area contributed by atoms with E-state index >= 15 is 0 Å². The van der Waals surface area contributed by atoms with Gasteiger partial charge in [-0.1, -0.05) is 13.8 Å². The molecule has 0 aliphatic carbocycles. The van der Waals surface area contributed by atoms with Crippen molar-refractivity contribution in [2.75, 3.05) is 17.3 Å². The van der Waals surface area contributed by atoms with Crippen molar-refractivity contribution in [3.05, 3.63) is 18.1 Å². The molecular formula is C12H21N3OS. The number of anilines is 1. The molecule has 0 aliphatic rings. The monoisotopic (exact) mass is 255 g/mol. The van der Waals surface area contributed by atoms with Gasteiger partial charge in [-0.2, -0.15) is 0 Å². The van der Waals surface area contributed by atoms with E-state index in [2.05, 4.69) is 36.1 Å². The maximum Gasteiger partial charge on any atom is 0.129 e. The molecule has 5 heteroatoms. The lowest BCUT2D eigenvalue weighted by Crippen LogP contribution is -2.18. The quantitative estimate of drug-likeness (QED) is 0.846. The molecule has 0 saturated heterocycles. The van der Waals surface area contributed by atoms with Crippen LogP contribution in [0.2, 0.25) is 0 Å². The first kappa shape index (κ1) is 14.1. The van der Waals surface area contributed by atoms with Gasteiger partial charge in [-0.05, 0) is 19.3 Å². The lowest BCUT2D eigenvalue weighted by molar-refractivity contribution is 0.678. The molecule has 1 aromatic heterocycles. The third-order valence-corrected chi connectivity index (χ3v) is 3.32. The van der Waals surface area contributed by atoms with E-state index < -0.39 is 10.8 Å². The zero-order valence-electron chi connectivity index (χ0n) is 10.9. The molecule has 2 atom stereocenters. The van der Waals surface area contributed by atoms with E-state index in [-0.39, 0.29) is 6.04 Å². The lowest BCUT2D eigenvalue weighted by Gasteiger charge is -2.14. The maximum atomic E-state index is 11.0. The van der Waals surface area contributed by atoms with Crippen LogP contribution in [-0.4, -0.2) is 32.2 Å². The first-order valence-corrected chi connectivity index (χ1v) is 7.60. The van der Waals surface area contributed by atoms with E-state index in [1.807, 2.05) is 6.07 Å². The van der Waals surface area contributed by atoms with Crippen LogP contribution in [0, 0.1) is 0 Å². The van der Waals surface area contributed by atoms with E-state index in [9.17, 15) is 4.21 Å². The minimum Gasteiger partial charge on any atom is -0.367 e. The van der Waals surface area contributed by atoms with Crippen molar-refractivity contribution in [2.45, 2.75) is 39.2 Å². The summed E-state index contributed by atoms with van der Waals surface area (Å²) in [7, 11) is -0.729. The number of hydrogen-bond acceptors (Lipinski definition) is 4. The van der Waals surface area contributed by atoms with E-state index in [1.54, 1.807) is 12.6 Å². The van der Waals surface area contributed by atoms with Crippen LogP contribution in [0.15, 0.2) is 12.4 Å². The van der Waals surface area contributed by atoms with Gasteiger partial charge in [0.1, 0.15) is 12.1 Å². The number of nitrogens with zero attached hydrogens (tertiary/aromatic N) is 2. The minimum atomic E-state index is -0.729. The predicted molar refractivity (Wildman–Crippen MR) is 72.8 cm³/mol. The van der Waals surface area contributed by atoms with Crippen molar-refractivity contribution in [3.63, 3.8) is 0 Å². The van der Waals surface area contributed by atoms with Gasteiger partial charge in [-0.25, -0.2) is 9.97 Å². The summed E-state index contributed by atoms with van der Waals surface area (Å²) >= 11 is 0. The number of nitrogens with one attached hydrogen (secondary N) is 1. The number of aromatic nitrogens is 2. The molecule has 1 rings (SSSR count). The second kappa shape index (κ2) is 6.69. The topological polar surface area (TPSA) is 54.9 Å². The smallest absolute Gasteiger partial charge is 0.129 e. The van der Waals surface area contributed by atoms with Gasteiger partial charge >= 0.3 is 0 Å². The van der Waals surface area contributed by atoms with Gasteiger partial charge in [0.25, 0.3) is 0 Å². The third-order valence-electron chi connectivity index (χ3n) is 2.51. The van der Waals surface area contributed by atoms with Crippen molar-refractivity contribution in [1.82, 2.24) is 9.97 Å². The van der Waals surface area contributed by atoms with Crippen LogP contribution >= 0.6 is 0 Å². The van der Waals surface area contributed by atoms with Crippen molar-refractivity contribution in [3.8, 4) is 0 Å². The van der Waals surface area contributed by atoms with Crippen LogP contribution in [0.1, 0.15) is 38.8 Å². The Balaban J connectivity index is 2.55. The van der Waals surface area contributed by atoms with Gasteiger partial charge in [0, 0.05) is 40.6 Å². The fraction of sp³-hybridized carbons (Fsp3) is 0.667. The molecule has 1 aromatic rings. The molecule has 2 unspecified atom stereocenters. The molecule has 0 spiro atoms. The van der Waals surface area contributed by atoms with Crippen LogP contribution in [-0.2, 0) is 10.8 Å². The Morgan fingerprint density at radius 2 is 2.06 bits per heavy atom. The average molecular weight is 255 g/mol. The predicted octanol–water partition coefficient (Wildman–Crippen LogP) is 2.17. The second-order valence-electron chi connectivity index (χ2n) is 4.59. The summed E-state index contributed by atoms with van der Waals surface area (Å²) in [6.45, 7) is 6.29. The van der Waals surface area contributed by atoms with Crippen LogP contribution in [0.5, 0.6) is 0 Å². The van der Waals surface area contributed by atoms with Crippen LogP contribution in [0.3, 0.4) is 0 Å². The van der Waals surface area contributed by atoms with E-state index in [0.29, 0.717) is 5.92 Å². The first-order valence-electron chi connectivity index (χ1n) is 5.87. The zero-order valence-corrected chi connectivity index (χ0v) is 11.8. The SMILES string of the molecule is CC(CCS(C)=O)Nc1cc(C(C)C)ncn1. The molecule has 96 valence electrons. The summed E-state index contributed by atoms with van der Waals surface area (Å²) in [5, 5.41) is 3.31. The highest BCUT2D eigenvalue weighted by Gasteiger charge is 2.06. The Hall–Kier alpha value is -0.970. The summed E-state index contributed by atoms with van der Waals surface area (Å²) in [5.74, 6) is 1.96. The Morgan fingerprint density at radius 3 is 2.65 bits per heavy atom. The van der Waals surface area contributed by atoms with E-state index in [4.69, 9.17) is 0 Å². The van der Waals surface area contributed by atoms with Crippen LogP contribution in [0.25, 0.3) is 0 Å². The summed E-state index contributed by atoms with van der Waals surface area (Å²) in [6.07, 6.45) is 4.20. The molecule has 0 radical (unpaired) electrons.